The van der Waals surface area contributed by atoms with Crippen LogP contribution in [0.2, 0.25) is 0 Å². The van der Waals surface area contributed by atoms with E-state index in [0.717, 1.165) is 5.69 Å². The Morgan fingerprint density at radius 2 is 2.11 bits per heavy atom. The highest BCUT2D eigenvalue weighted by Gasteiger charge is 2.13. The van der Waals surface area contributed by atoms with Crippen LogP contribution < -0.4 is 5.32 Å². The summed E-state index contributed by atoms with van der Waals surface area (Å²) >= 11 is 0. The summed E-state index contributed by atoms with van der Waals surface area (Å²) in [5.41, 5.74) is 1.60. The van der Waals surface area contributed by atoms with Crippen LogP contribution in [0.25, 0.3) is 0 Å². The van der Waals surface area contributed by atoms with Gasteiger partial charge in [-0.2, -0.15) is 0 Å². The Labute approximate surface area is 111 Å². The van der Waals surface area contributed by atoms with Crippen molar-refractivity contribution in [2.45, 2.75) is 19.9 Å². The molecule has 1 unspecified atom stereocenters. The smallest absolute Gasteiger partial charge is 0.251 e. The van der Waals surface area contributed by atoms with Gasteiger partial charge in [-0.25, -0.2) is 4.39 Å². The first kappa shape index (κ1) is 13.2. The van der Waals surface area contributed by atoms with E-state index in [1.54, 1.807) is 25.3 Å². The number of nitrogens with zero attached hydrogens (tertiary/aromatic N) is 1. The van der Waals surface area contributed by atoms with Gasteiger partial charge in [0, 0.05) is 11.8 Å². The largest absolute Gasteiger partial charge is 0.344 e. The van der Waals surface area contributed by atoms with Crippen LogP contribution in [-0.2, 0) is 0 Å². The van der Waals surface area contributed by atoms with Crippen LogP contribution in [-0.4, -0.2) is 10.9 Å². The van der Waals surface area contributed by atoms with Crippen molar-refractivity contribution in [2.75, 3.05) is 0 Å². The van der Waals surface area contributed by atoms with E-state index < -0.39 is 0 Å². The van der Waals surface area contributed by atoms with Gasteiger partial charge < -0.3 is 5.32 Å². The van der Waals surface area contributed by atoms with Gasteiger partial charge in [-0.05, 0) is 43.7 Å². The lowest BCUT2D eigenvalue weighted by Crippen LogP contribution is -2.27. The molecular formula is C15H15FN2O. The first-order valence-corrected chi connectivity index (χ1v) is 6.06. The first-order valence-electron chi connectivity index (χ1n) is 6.06. The molecule has 0 aliphatic heterocycles. The normalized spacial score (nSPS) is 11.9. The third kappa shape index (κ3) is 3.16. The molecule has 0 saturated heterocycles. The van der Waals surface area contributed by atoms with Crippen molar-refractivity contribution in [3.8, 4) is 0 Å². The molecule has 0 spiro atoms. The van der Waals surface area contributed by atoms with Crippen LogP contribution in [0.1, 0.15) is 34.6 Å². The van der Waals surface area contributed by atoms with Crippen LogP contribution in [0.15, 0.2) is 42.6 Å². The van der Waals surface area contributed by atoms with Gasteiger partial charge in [0.15, 0.2) is 0 Å². The molecular weight excluding hydrogens is 243 g/mol. The average Bonchev–Trinajstić information content (AvgIpc) is 2.42. The maximum atomic E-state index is 13.4. The van der Waals surface area contributed by atoms with Crippen LogP contribution in [0, 0.1) is 12.7 Å². The second-order valence-corrected chi connectivity index (χ2v) is 4.41. The summed E-state index contributed by atoms with van der Waals surface area (Å²) in [6, 6.07) is 9.73. The van der Waals surface area contributed by atoms with Gasteiger partial charge in [0.1, 0.15) is 5.82 Å². The number of benzene rings is 1. The van der Waals surface area contributed by atoms with Crippen LogP contribution in [0.4, 0.5) is 4.39 Å². The molecule has 2 aromatic rings. The lowest BCUT2D eigenvalue weighted by atomic mass is 10.1. The van der Waals surface area contributed by atoms with Gasteiger partial charge in [0.25, 0.3) is 5.91 Å². The third-order valence-corrected chi connectivity index (χ3v) is 2.91. The predicted octanol–water partition coefficient (Wildman–Crippen LogP) is 3.02. The van der Waals surface area contributed by atoms with E-state index in [4.69, 9.17) is 0 Å². The number of nitrogens with one attached hydrogen (secondary N) is 1. The van der Waals surface area contributed by atoms with Crippen LogP contribution >= 0.6 is 0 Å². The summed E-state index contributed by atoms with van der Waals surface area (Å²) in [5.74, 6) is -0.685. The van der Waals surface area contributed by atoms with Crippen LogP contribution in [0.3, 0.4) is 0 Å². The van der Waals surface area contributed by atoms with Crippen molar-refractivity contribution in [1.29, 1.82) is 0 Å². The van der Waals surface area contributed by atoms with Gasteiger partial charge in [0.2, 0.25) is 0 Å². The zero-order chi connectivity index (χ0) is 13.8. The molecule has 98 valence electrons. The number of halogens is 1. The maximum absolute atomic E-state index is 13.4. The zero-order valence-electron chi connectivity index (χ0n) is 10.9. The predicted molar refractivity (Wildman–Crippen MR) is 71.3 cm³/mol. The van der Waals surface area contributed by atoms with Gasteiger partial charge in [-0.3, -0.25) is 9.78 Å². The first-order chi connectivity index (χ1) is 9.08. The number of aryl methyl sites for hydroxylation is 1. The van der Waals surface area contributed by atoms with Crippen molar-refractivity contribution in [1.82, 2.24) is 10.3 Å². The number of carbonyl (C=O) groups is 1. The third-order valence-electron chi connectivity index (χ3n) is 2.91. The monoisotopic (exact) mass is 258 g/mol. The summed E-state index contributed by atoms with van der Waals surface area (Å²) in [4.78, 5) is 16.2. The van der Waals surface area contributed by atoms with Crippen molar-refractivity contribution < 1.29 is 9.18 Å². The lowest BCUT2D eigenvalue weighted by molar-refractivity contribution is 0.0938. The van der Waals surface area contributed by atoms with E-state index in [2.05, 4.69) is 10.3 Å². The fourth-order valence-corrected chi connectivity index (χ4v) is 1.72. The highest BCUT2D eigenvalue weighted by Crippen LogP contribution is 2.12. The van der Waals surface area contributed by atoms with E-state index in [9.17, 15) is 9.18 Å². The summed E-state index contributed by atoms with van der Waals surface area (Å²) in [6.07, 6.45) is 1.67. The van der Waals surface area contributed by atoms with Gasteiger partial charge >= 0.3 is 0 Å². The molecule has 0 bridgehead atoms. The average molecular weight is 258 g/mol. The molecule has 0 fully saturated rings. The lowest BCUT2D eigenvalue weighted by Gasteiger charge is -2.13. The number of pyridine rings is 1. The highest BCUT2D eigenvalue weighted by molar-refractivity contribution is 5.94. The van der Waals surface area contributed by atoms with Gasteiger partial charge in [0.05, 0.1) is 11.7 Å². The molecule has 1 aromatic heterocycles. The Kier molecular flexibility index (Phi) is 3.90. The maximum Gasteiger partial charge on any atom is 0.251 e. The fourth-order valence-electron chi connectivity index (χ4n) is 1.72. The number of hydrogen-bond donors (Lipinski definition) is 1. The second kappa shape index (κ2) is 5.61. The van der Waals surface area contributed by atoms with E-state index in [1.165, 1.54) is 6.07 Å². The Balaban J connectivity index is 2.11. The number of rotatable bonds is 3. The van der Waals surface area contributed by atoms with E-state index in [-0.39, 0.29) is 17.8 Å². The fraction of sp³-hybridized carbons (Fsp3) is 0.200. The molecule has 0 aliphatic carbocycles. The number of hydrogen-bond acceptors (Lipinski definition) is 2. The molecule has 1 amide bonds. The Hall–Kier alpha value is -2.23. The molecule has 0 radical (unpaired) electrons. The van der Waals surface area contributed by atoms with Crippen molar-refractivity contribution >= 4 is 5.91 Å². The minimum atomic E-state index is -0.377. The number of amides is 1. The molecule has 3 nitrogen and oxygen atoms in total. The molecule has 1 N–H and O–H groups in total. The molecule has 2 rings (SSSR count). The standard InChI is InChI=1S/C15H15FN2O/c1-10-6-7-12(9-13(10)16)15(19)18-11(2)14-5-3-4-8-17-14/h3-9,11H,1-2H3,(H,18,19). The molecule has 1 atom stereocenters. The topological polar surface area (TPSA) is 42.0 Å². The highest BCUT2D eigenvalue weighted by atomic mass is 19.1. The molecule has 4 heteroatoms. The number of aromatic nitrogens is 1. The molecule has 1 aromatic carbocycles. The molecule has 1 heterocycles. The van der Waals surface area contributed by atoms with Crippen LogP contribution in [0.5, 0.6) is 0 Å². The zero-order valence-corrected chi connectivity index (χ0v) is 10.9. The molecule has 19 heavy (non-hydrogen) atoms. The van der Waals surface area contributed by atoms with E-state index in [1.807, 2.05) is 25.1 Å². The quantitative estimate of drug-likeness (QED) is 0.919. The Morgan fingerprint density at radius 3 is 2.74 bits per heavy atom. The van der Waals surface area contributed by atoms with Gasteiger partial charge in [-0.15, -0.1) is 0 Å². The summed E-state index contributed by atoms with van der Waals surface area (Å²) in [7, 11) is 0. The summed E-state index contributed by atoms with van der Waals surface area (Å²) < 4.78 is 13.4. The van der Waals surface area contributed by atoms with Gasteiger partial charge in [-0.1, -0.05) is 12.1 Å². The minimum absolute atomic E-state index is 0.224. The van der Waals surface area contributed by atoms with E-state index >= 15 is 0 Å². The number of carbonyl (C=O) groups excluding carboxylic acids is 1. The summed E-state index contributed by atoms with van der Waals surface area (Å²) in [6.45, 7) is 3.50. The van der Waals surface area contributed by atoms with Crippen molar-refractivity contribution in [3.05, 3.63) is 65.2 Å². The molecule has 0 saturated carbocycles. The van der Waals surface area contributed by atoms with Crippen molar-refractivity contribution in [3.63, 3.8) is 0 Å². The van der Waals surface area contributed by atoms with E-state index in [0.29, 0.717) is 11.1 Å². The Bertz CT molecular complexity index is 584. The SMILES string of the molecule is Cc1ccc(C(=O)NC(C)c2ccccn2)cc1F. The summed E-state index contributed by atoms with van der Waals surface area (Å²) in [5, 5.41) is 2.79. The minimum Gasteiger partial charge on any atom is -0.344 e. The molecule has 0 aliphatic rings. The Morgan fingerprint density at radius 1 is 1.32 bits per heavy atom. The van der Waals surface area contributed by atoms with Crippen molar-refractivity contribution in [2.24, 2.45) is 0 Å². The second-order valence-electron chi connectivity index (χ2n) is 4.41.